The van der Waals surface area contributed by atoms with Crippen LogP contribution in [0.4, 0.5) is 0 Å². The summed E-state index contributed by atoms with van der Waals surface area (Å²) < 4.78 is 6.19. The molecule has 2 rings (SSSR count). The van der Waals surface area contributed by atoms with Gasteiger partial charge in [0.25, 0.3) is 0 Å². The second-order valence-electron chi connectivity index (χ2n) is 3.58. The van der Waals surface area contributed by atoms with Gasteiger partial charge < -0.3 is 9.84 Å². The molecule has 2 aromatic rings. The van der Waals surface area contributed by atoms with Crippen LogP contribution in [-0.4, -0.2) is 32.4 Å². The number of amides is 1. The first-order chi connectivity index (χ1) is 8.34. The lowest BCUT2D eigenvalue weighted by molar-refractivity contribution is -0.121. The first kappa shape index (κ1) is 11.3. The predicted octanol–water partition coefficient (Wildman–Crippen LogP) is 0.0151. The topological polar surface area (TPSA) is 85.8 Å². The maximum absolute atomic E-state index is 11.4. The molecule has 0 bridgehead atoms. The van der Waals surface area contributed by atoms with E-state index in [0.717, 1.165) is 18.4 Å². The Labute approximate surface area is 97.8 Å². The number of rotatable bonds is 6. The molecule has 17 heavy (non-hydrogen) atoms. The van der Waals surface area contributed by atoms with Crippen LogP contribution in [0.15, 0.2) is 29.6 Å². The Kier molecular flexibility index (Phi) is 3.85. The van der Waals surface area contributed by atoms with Gasteiger partial charge in [0.1, 0.15) is 25.5 Å². The van der Waals surface area contributed by atoms with Crippen LogP contribution in [0.5, 0.6) is 0 Å². The fourth-order valence-electron chi connectivity index (χ4n) is 1.39. The molecule has 7 nitrogen and oxygen atoms in total. The van der Waals surface area contributed by atoms with E-state index in [-0.39, 0.29) is 12.5 Å². The lowest BCUT2D eigenvalue weighted by Gasteiger charge is -2.03. The molecule has 0 fully saturated rings. The normalized spacial score (nSPS) is 10.4. The molecule has 0 aliphatic heterocycles. The zero-order valence-electron chi connectivity index (χ0n) is 9.24. The zero-order chi connectivity index (χ0) is 11.9. The molecule has 0 aromatic carbocycles. The maximum atomic E-state index is 11.4. The Morgan fingerprint density at radius 1 is 1.53 bits per heavy atom. The minimum absolute atomic E-state index is 0.0687. The van der Waals surface area contributed by atoms with E-state index in [2.05, 4.69) is 20.6 Å². The Hall–Kier alpha value is -2.18. The molecule has 0 spiro atoms. The fourth-order valence-corrected chi connectivity index (χ4v) is 1.39. The smallest absolute Gasteiger partial charge is 0.241 e. The van der Waals surface area contributed by atoms with Crippen molar-refractivity contribution in [2.75, 3.05) is 6.54 Å². The highest BCUT2D eigenvalue weighted by Crippen LogP contribution is 1.99. The predicted molar refractivity (Wildman–Crippen MR) is 57.9 cm³/mol. The van der Waals surface area contributed by atoms with Gasteiger partial charge in [0.05, 0.1) is 6.20 Å². The third-order valence-corrected chi connectivity index (χ3v) is 2.22. The van der Waals surface area contributed by atoms with E-state index in [4.69, 9.17) is 4.52 Å². The van der Waals surface area contributed by atoms with Crippen LogP contribution in [0, 0.1) is 0 Å². The van der Waals surface area contributed by atoms with Crippen molar-refractivity contribution in [2.24, 2.45) is 0 Å². The van der Waals surface area contributed by atoms with Gasteiger partial charge in [-0.2, -0.15) is 5.10 Å². The number of carbonyl (C=O) groups excluding carboxylic acids is 1. The minimum Gasteiger partial charge on any atom is -0.364 e. The average Bonchev–Trinajstić information content (AvgIpc) is 2.96. The second kappa shape index (κ2) is 5.78. The Balaban J connectivity index is 1.60. The van der Waals surface area contributed by atoms with E-state index in [0.29, 0.717) is 6.54 Å². The molecule has 1 amide bonds. The summed E-state index contributed by atoms with van der Waals surface area (Å²) in [5.74, 6) is -0.0687. The monoisotopic (exact) mass is 235 g/mol. The summed E-state index contributed by atoms with van der Waals surface area (Å²) in [7, 11) is 0. The van der Waals surface area contributed by atoms with Crippen molar-refractivity contribution in [3.05, 3.63) is 30.7 Å². The van der Waals surface area contributed by atoms with Gasteiger partial charge in [-0.15, -0.1) is 0 Å². The molecular weight excluding hydrogens is 222 g/mol. The van der Waals surface area contributed by atoms with Crippen molar-refractivity contribution in [3.63, 3.8) is 0 Å². The molecule has 2 heterocycles. The van der Waals surface area contributed by atoms with Crippen molar-refractivity contribution >= 4 is 5.91 Å². The fraction of sp³-hybridized carbons (Fsp3) is 0.400. The second-order valence-corrected chi connectivity index (χ2v) is 3.58. The van der Waals surface area contributed by atoms with Crippen LogP contribution >= 0.6 is 0 Å². The average molecular weight is 235 g/mol. The van der Waals surface area contributed by atoms with E-state index < -0.39 is 0 Å². The molecular formula is C10H13N5O2. The van der Waals surface area contributed by atoms with Gasteiger partial charge in [0.2, 0.25) is 5.91 Å². The quantitative estimate of drug-likeness (QED) is 0.713. The SMILES string of the molecule is O=C(Cn1cncn1)NCCCc1cnoc1. The van der Waals surface area contributed by atoms with Crippen LogP contribution in [0.2, 0.25) is 0 Å². The van der Waals surface area contributed by atoms with Gasteiger partial charge >= 0.3 is 0 Å². The number of nitrogens with zero attached hydrogens (tertiary/aromatic N) is 4. The van der Waals surface area contributed by atoms with Crippen molar-refractivity contribution in [1.29, 1.82) is 0 Å². The number of nitrogens with one attached hydrogen (secondary N) is 1. The maximum Gasteiger partial charge on any atom is 0.241 e. The molecule has 7 heteroatoms. The molecule has 1 N–H and O–H groups in total. The Morgan fingerprint density at radius 3 is 3.18 bits per heavy atom. The minimum atomic E-state index is -0.0687. The Bertz CT molecular complexity index is 437. The molecule has 0 atom stereocenters. The third kappa shape index (κ3) is 3.71. The zero-order valence-corrected chi connectivity index (χ0v) is 9.24. The van der Waals surface area contributed by atoms with Crippen LogP contribution < -0.4 is 5.32 Å². The van der Waals surface area contributed by atoms with E-state index in [1.807, 2.05) is 0 Å². The number of aryl methyl sites for hydroxylation is 1. The highest BCUT2D eigenvalue weighted by atomic mass is 16.5. The summed E-state index contributed by atoms with van der Waals surface area (Å²) in [5.41, 5.74) is 1.04. The van der Waals surface area contributed by atoms with Crippen LogP contribution in [-0.2, 0) is 17.8 Å². The molecule has 0 aliphatic rings. The van der Waals surface area contributed by atoms with Crippen molar-refractivity contribution in [3.8, 4) is 0 Å². The van der Waals surface area contributed by atoms with Crippen molar-refractivity contribution < 1.29 is 9.32 Å². The first-order valence-electron chi connectivity index (χ1n) is 5.32. The Morgan fingerprint density at radius 2 is 2.47 bits per heavy atom. The summed E-state index contributed by atoms with van der Waals surface area (Å²) in [4.78, 5) is 15.2. The van der Waals surface area contributed by atoms with Crippen molar-refractivity contribution in [2.45, 2.75) is 19.4 Å². The molecule has 0 radical (unpaired) electrons. The number of hydrogen-bond acceptors (Lipinski definition) is 5. The van der Waals surface area contributed by atoms with Crippen molar-refractivity contribution in [1.82, 2.24) is 25.2 Å². The number of hydrogen-bond donors (Lipinski definition) is 1. The van der Waals surface area contributed by atoms with Gasteiger partial charge in [0, 0.05) is 12.1 Å². The summed E-state index contributed by atoms with van der Waals surface area (Å²) in [6.07, 6.45) is 7.89. The summed E-state index contributed by atoms with van der Waals surface area (Å²) in [5, 5.41) is 10.3. The standard InChI is InChI=1S/C10H13N5O2/c16-10(5-15-8-11-7-13-15)12-3-1-2-9-4-14-17-6-9/h4,6-8H,1-3,5H2,(H,12,16). The number of aromatic nitrogens is 4. The lowest BCUT2D eigenvalue weighted by atomic mass is 10.2. The summed E-state index contributed by atoms with van der Waals surface area (Å²) in [6, 6.07) is 0. The van der Waals surface area contributed by atoms with E-state index in [9.17, 15) is 4.79 Å². The summed E-state index contributed by atoms with van der Waals surface area (Å²) >= 11 is 0. The highest BCUT2D eigenvalue weighted by molar-refractivity contribution is 5.75. The number of carbonyl (C=O) groups is 1. The molecule has 0 aliphatic carbocycles. The lowest BCUT2D eigenvalue weighted by Crippen LogP contribution is -2.28. The first-order valence-corrected chi connectivity index (χ1v) is 5.32. The molecule has 90 valence electrons. The van der Waals surface area contributed by atoms with Gasteiger partial charge in [-0.1, -0.05) is 5.16 Å². The van der Waals surface area contributed by atoms with Gasteiger partial charge in [0.15, 0.2) is 0 Å². The van der Waals surface area contributed by atoms with E-state index >= 15 is 0 Å². The largest absolute Gasteiger partial charge is 0.364 e. The molecule has 0 unspecified atom stereocenters. The van der Waals surface area contributed by atoms with E-state index in [1.165, 1.54) is 17.3 Å². The van der Waals surface area contributed by atoms with Gasteiger partial charge in [-0.25, -0.2) is 9.67 Å². The van der Waals surface area contributed by atoms with Crippen LogP contribution in [0.25, 0.3) is 0 Å². The molecule has 0 saturated carbocycles. The summed E-state index contributed by atoms with van der Waals surface area (Å²) in [6.45, 7) is 0.825. The molecule has 2 aromatic heterocycles. The highest BCUT2D eigenvalue weighted by Gasteiger charge is 2.02. The van der Waals surface area contributed by atoms with Gasteiger partial charge in [-0.05, 0) is 12.8 Å². The third-order valence-electron chi connectivity index (χ3n) is 2.22. The van der Waals surface area contributed by atoms with Crippen LogP contribution in [0.3, 0.4) is 0 Å². The van der Waals surface area contributed by atoms with Gasteiger partial charge in [-0.3, -0.25) is 4.79 Å². The molecule has 0 saturated heterocycles. The van der Waals surface area contributed by atoms with Crippen LogP contribution in [0.1, 0.15) is 12.0 Å². The van der Waals surface area contributed by atoms with E-state index in [1.54, 1.807) is 12.5 Å².